The Bertz CT molecular complexity index is 1690. The van der Waals surface area contributed by atoms with Crippen molar-refractivity contribution in [2.75, 3.05) is 6.54 Å². The molecule has 12 nitrogen and oxygen atoms in total. The fourth-order valence-corrected chi connectivity index (χ4v) is 7.62. The van der Waals surface area contributed by atoms with E-state index in [1.165, 1.54) is 4.90 Å². The van der Waals surface area contributed by atoms with E-state index in [0.717, 1.165) is 19.3 Å². The smallest absolute Gasteiger partial charge is 0.292 e. The van der Waals surface area contributed by atoms with Crippen LogP contribution in [0, 0.1) is 5.92 Å². The van der Waals surface area contributed by atoms with Gasteiger partial charge in [-0.25, -0.2) is 18.4 Å². The molecule has 4 aliphatic rings. The van der Waals surface area contributed by atoms with Crippen LogP contribution >= 0.6 is 12.4 Å². The lowest BCUT2D eigenvalue weighted by Gasteiger charge is -2.28. The second-order valence-corrected chi connectivity index (χ2v) is 14.8. The average Bonchev–Trinajstić information content (AvgIpc) is 3.92. The van der Waals surface area contributed by atoms with Crippen molar-refractivity contribution in [1.29, 1.82) is 0 Å². The lowest BCUT2D eigenvalue weighted by Crippen LogP contribution is -2.57. The molecule has 16 heteroatoms. The third-order valence-corrected chi connectivity index (χ3v) is 10.9. The van der Waals surface area contributed by atoms with Crippen LogP contribution in [0.5, 0.6) is 5.88 Å². The van der Waals surface area contributed by atoms with Gasteiger partial charge in [0.15, 0.2) is 5.69 Å². The highest BCUT2D eigenvalue weighted by Crippen LogP contribution is 2.46. The van der Waals surface area contributed by atoms with Crippen molar-refractivity contribution < 1.29 is 36.3 Å². The van der Waals surface area contributed by atoms with Crippen LogP contribution < -0.4 is 20.5 Å². The zero-order valence-corrected chi connectivity index (χ0v) is 27.5. The molecule has 47 heavy (non-hydrogen) atoms. The number of halogens is 3. The zero-order chi connectivity index (χ0) is 32.9. The van der Waals surface area contributed by atoms with Gasteiger partial charge in [-0.1, -0.05) is 37.1 Å². The van der Waals surface area contributed by atoms with Crippen LogP contribution in [0.4, 0.5) is 8.78 Å². The summed E-state index contributed by atoms with van der Waals surface area (Å²) in [6, 6.07) is 4.42. The van der Waals surface area contributed by atoms with E-state index in [9.17, 15) is 31.6 Å². The average molecular weight is 697 g/mol. The van der Waals surface area contributed by atoms with Gasteiger partial charge in [0.2, 0.25) is 27.7 Å². The monoisotopic (exact) mass is 696 g/mol. The quantitative estimate of drug-likeness (QED) is 0.384. The number of nitrogens with one attached hydrogen (secondary N) is 2. The minimum Gasteiger partial charge on any atom is -0.471 e. The Labute approximate surface area is 277 Å². The lowest BCUT2D eigenvalue weighted by molar-refractivity contribution is -0.140. The third-order valence-electron chi connectivity index (χ3n) is 9.12. The number of hydrogen-bond acceptors (Lipinski definition) is 9. The maximum absolute atomic E-state index is 14.7. The van der Waals surface area contributed by atoms with E-state index in [1.54, 1.807) is 24.3 Å². The number of aromatic nitrogens is 2. The summed E-state index contributed by atoms with van der Waals surface area (Å²) >= 11 is 0. The van der Waals surface area contributed by atoms with Gasteiger partial charge in [0, 0.05) is 19.3 Å². The number of fused-ring (bicyclic) bond motifs is 3. The SMILES string of the molecule is CC(F)(F)c1nc2ccccc2nc1O[C@@H]1C[C@H]2C(=O)N[C@]3(C(=O)NS(=O)(=O)C4CC4)C[C@H]3/C=C\CCCCC[C@H](N)C(=O)N2C1.Cl. The number of allylic oxidation sites excluding steroid dienone is 1. The second-order valence-electron chi connectivity index (χ2n) is 12.9. The van der Waals surface area contributed by atoms with Crippen molar-refractivity contribution in [3.8, 4) is 5.88 Å². The molecule has 4 N–H and O–H groups in total. The highest BCUT2D eigenvalue weighted by molar-refractivity contribution is 7.91. The van der Waals surface area contributed by atoms with E-state index < -0.39 is 80.1 Å². The molecule has 2 aromatic rings. The van der Waals surface area contributed by atoms with Gasteiger partial charge < -0.3 is 20.7 Å². The fourth-order valence-electron chi connectivity index (χ4n) is 6.25. The first kappa shape index (κ1) is 34.9. The standard InChI is InChI=1S/C31H38F2N6O6S.ClH/c1-30(32,33)25-27(36-23-12-8-7-11-22(23)35-25)45-19-15-24-26(40)37-31(29(42)38-46(43,44)20-13-14-20)16-18(31)9-5-3-2-4-6-10-21(34)28(41)39(24)17-19;/h5,7-9,11-12,18-21,24H,2-4,6,10,13-17,34H2,1H3,(H,37,40)(H,38,42);1H/b9-5-;/t18-,19-,21+,24+,31-;/m1./s1. The van der Waals surface area contributed by atoms with E-state index in [4.69, 9.17) is 10.5 Å². The number of hydrogen-bond donors (Lipinski definition) is 3. The van der Waals surface area contributed by atoms with Gasteiger partial charge in [-0.15, -0.1) is 12.4 Å². The van der Waals surface area contributed by atoms with Crippen LogP contribution in [0.2, 0.25) is 0 Å². The van der Waals surface area contributed by atoms with E-state index in [2.05, 4.69) is 20.0 Å². The Kier molecular flexibility index (Phi) is 9.82. The first-order valence-corrected chi connectivity index (χ1v) is 17.3. The predicted molar refractivity (Wildman–Crippen MR) is 170 cm³/mol. The summed E-state index contributed by atoms with van der Waals surface area (Å²) in [5, 5.41) is 2.13. The summed E-state index contributed by atoms with van der Waals surface area (Å²) in [6.07, 6.45) is 7.22. The molecular formula is C31H39ClF2N6O6S. The molecule has 0 radical (unpaired) electrons. The molecule has 6 rings (SSSR count). The Morgan fingerprint density at radius 2 is 1.83 bits per heavy atom. The Morgan fingerprint density at radius 1 is 1.13 bits per heavy atom. The minimum atomic E-state index is -3.89. The summed E-state index contributed by atoms with van der Waals surface area (Å²) < 4.78 is 62.8. The van der Waals surface area contributed by atoms with Gasteiger partial charge in [-0.3, -0.25) is 19.1 Å². The van der Waals surface area contributed by atoms with Crippen LogP contribution in [0.15, 0.2) is 36.4 Å². The van der Waals surface area contributed by atoms with Crippen molar-refractivity contribution >= 4 is 51.2 Å². The Hall–Kier alpha value is -3.43. The van der Waals surface area contributed by atoms with Crippen molar-refractivity contribution in [3.63, 3.8) is 0 Å². The minimum absolute atomic E-state index is 0. The number of nitrogens with zero attached hydrogens (tertiary/aromatic N) is 3. The molecule has 0 bridgehead atoms. The van der Waals surface area contributed by atoms with Crippen molar-refractivity contribution in [3.05, 3.63) is 42.1 Å². The molecule has 1 aromatic carbocycles. The van der Waals surface area contributed by atoms with Crippen LogP contribution in [-0.2, 0) is 30.3 Å². The number of para-hydroxylation sites is 2. The van der Waals surface area contributed by atoms with E-state index in [0.29, 0.717) is 38.1 Å². The zero-order valence-electron chi connectivity index (χ0n) is 25.9. The molecule has 2 aliphatic heterocycles. The second kappa shape index (κ2) is 13.2. The van der Waals surface area contributed by atoms with Crippen LogP contribution in [-0.4, -0.2) is 76.5 Å². The van der Waals surface area contributed by atoms with Gasteiger partial charge >= 0.3 is 0 Å². The number of carbonyl (C=O) groups excluding carboxylic acids is 3. The topological polar surface area (TPSA) is 174 Å². The molecule has 256 valence electrons. The Morgan fingerprint density at radius 3 is 2.51 bits per heavy atom. The highest BCUT2D eigenvalue weighted by atomic mass is 35.5. The summed E-state index contributed by atoms with van der Waals surface area (Å²) in [4.78, 5) is 50.7. The van der Waals surface area contributed by atoms with Gasteiger partial charge in [0.1, 0.15) is 17.7 Å². The summed E-state index contributed by atoms with van der Waals surface area (Å²) in [5.74, 6) is -6.29. The van der Waals surface area contributed by atoms with E-state index in [1.807, 2.05) is 12.2 Å². The molecule has 1 aromatic heterocycles. The maximum atomic E-state index is 14.7. The molecule has 3 heterocycles. The number of amides is 3. The molecule has 3 fully saturated rings. The van der Waals surface area contributed by atoms with E-state index in [-0.39, 0.29) is 37.3 Å². The van der Waals surface area contributed by atoms with E-state index >= 15 is 0 Å². The normalized spacial score (nSPS) is 29.3. The number of ether oxygens (including phenoxy) is 1. The first-order valence-electron chi connectivity index (χ1n) is 15.7. The van der Waals surface area contributed by atoms with Crippen LogP contribution in [0.3, 0.4) is 0 Å². The molecule has 5 atom stereocenters. The first-order chi connectivity index (χ1) is 21.8. The Balaban J connectivity index is 0.00000433. The van der Waals surface area contributed by atoms with Crippen LogP contribution in [0.1, 0.15) is 70.4 Å². The molecular weight excluding hydrogens is 658 g/mol. The van der Waals surface area contributed by atoms with Gasteiger partial charge in [-0.05, 0) is 50.7 Å². The summed E-state index contributed by atoms with van der Waals surface area (Å²) in [5.41, 5.74) is 4.67. The molecule has 0 spiro atoms. The predicted octanol–water partition coefficient (Wildman–Crippen LogP) is 2.84. The molecule has 3 amide bonds. The number of alkyl halides is 2. The van der Waals surface area contributed by atoms with Crippen molar-refractivity contribution in [2.24, 2.45) is 11.7 Å². The number of benzene rings is 1. The number of carbonyl (C=O) groups is 3. The van der Waals surface area contributed by atoms with Gasteiger partial charge in [-0.2, -0.15) is 8.78 Å². The molecule has 2 saturated carbocycles. The largest absolute Gasteiger partial charge is 0.471 e. The summed E-state index contributed by atoms with van der Waals surface area (Å²) in [6.45, 7) is 0.536. The molecule has 0 unspecified atom stereocenters. The number of sulfonamides is 1. The lowest BCUT2D eigenvalue weighted by atomic mass is 10.1. The molecule has 1 saturated heterocycles. The number of nitrogens with two attached hydrogens (primary N) is 1. The third kappa shape index (κ3) is 7.36. The van der Waals surface area contributed by atoms with Gasteiger partial charge in [0.25, 0.3) is 11.8 Å². The molecule has 2 aliphatic carbocycles. The van der Waals surface area contributed by atoms with Crippen molar-refractivity contribution in [1.82, 2.24) is 24.9 Å². The number of rotatable bonds is 6. The van der Waals surface area contributed by atoms with Crippen molar-refractivity contribution in [2.45, 2.75) is 99.6 Å². The van der Waals surface area contributed by atoms with Gasteiger partial charge in [0.05, 0.1) is 28.9 Å². The van der Waals surface area contributed by atoms with Crippen LogP contribution in [0.25, 0.3) is 11.0 Å². The fraction of sp³-hybridized carbons (Fsp3) is 0.581. The highest BCUT2D eigenvalue weighted by Gasteiger charge is 2.62. The summed E-state index contributed by atoms with van der Waals surface area (Å²) in [7, 11) is -3.89. The maximum Gasteiger partial charge on any atom is 0.292 e.